The van der Waals surface area contributed by atoms with Crippen LogP contribution in [-0.4, -0.2) is 64.1 Å². The molecule has 0 radical (unpaired) electrons. The predicted octanol–water partition coefficient (Wildman–Crippen LogP) is 5.95. The molecule has 0 saturated carbocycles. The Bertz CT molecular complexity index is 1630. The van der Waals surface area contributed by atoms with Crippen LogP contribution in [0.5, 0.6) is 0 Å². The van der Waals surface area contributed by atoms with Gasteiger partial charge in [0.25, 0.3) is 0 Å². The molecule has 3 aromatic heterocycles. The number of hydrogen-bond acceptors (Lipinski definition) is 9. The van der Waals surface area contributed by atoms with E-state index in [1.807, 2.05) is 19.9 Å². The highest BCUT2D eigenvalue weighted by Crippen LogP contribution is 2.43. The van der Waals surface area contributed by atoms with Crippen LogP contribution in [0.25, 0.3) is 32.7 Å². The molecular weight excluding hydrogens is 595 g/mol. The summed E-state index contributed by atoms with van der Waals surface area (Å²) in [5.74, 6) is 0.0499. The third-order valence-electron chi connectivity index (χ3n) is 7.31. The first-order valence-corrected chi connectivity index (χ1v) is 14.8. The summed E-state index contributed by atoms with van der Waals surface area (Å²) in [6.07, 6.45) is -2.03. The van der Waals surface area contributed by atoms with E-state index in [1.54, 1.807) is 44.4 Å². The van der Waals surface area contributed by atoms with Crippen molar-refractivity contribution in [2.24, 2.45) is 5.41 Å². The molecule has 4 rings (SSSR count). The van der Waals surface area contributed by atoms with E-state index >= 15 is 0 Å². The number of likely N-dealkylation sites (N-methyl/N-ethyl adjacent to an activating group) is 1. The molecule has 0 bridgehead atoms. The van der Waals surface area contributed by atoms with E-state index in [4.69, 9.17) is 9.47 Å². The number of methoxy groups -OCH3 is 1. The molecule has 3 heterocycles. The summed E-state index contributed by atoms with van der Waals surface area (Å²) in [4.78, 5) is 32.1. The van der Waals surface area contributed by atoms with E-state index in [2.05, 4.69) is 19.7 Å². The molecule has 0 amide bonds. The van der Waals surface area contributed by atoms with Gasteiger partial charge < -0.3 is 24.2 Å². The molecule has 2 atom stereocenters. The number of carbonyl (C=O) groups excluding carboxylic acids is 2. The fraction of sp³-hybridized carbons (Fsp3) is 0.452. The lowest BCUT2D eigenvalue weighted by Gasteiger charge is -2.25. The second kappa shape index (κ2) is 13.5. The Morgan fingerprint density at radius 1 is 1.23 bits per heavy atom. The van der Waals surface area contributed by atoms with E-state index in [9.17, 15) is 22.8 Å². The second-order valence-corrected chi connectivity index (χ2v) is 12.2. The normalized spacial score (nSPS) is 13.7. The highest BCUT2D eigenvalue weighted by atomic mass is 32.1. The van der Waals surface area contributed by atoms with E-state index in [-0.39, 0.29) is 6.61 Å². The summed E-state index contributed by atoms with van der Waals surface area (Å²) in [5, 5.41) is 4.08. The fourth-order valence-electron chi connectivity index (χ4n) is 5.14. The molecule has 13 heteroatoms. The Hall–Kier alpha value is -3.68. The summed E-state index contributed by atoms with van der Waals surface area (Å²) < 4.78 is 59.2. The number of benzene rings is 1. The van der Waals surface area contributed by atoms with Gasteiger partial charge in [-0.25, -0.2) is 4.98 Å². The van der Waals surface area contributed by atoms with E-state index in [0.29, 0.717) is 62.7 Å². The Balaban J connectivity index is 1.99. The van der Waals surface area contributed by atoms with Gasteiger partial charge in [-0.1, -0.05) is 13.8 Å². The molecule has 2 unspecified atom stereocenters. The minimum absolute atomic E-state index is 0.0743. The van der Waals surface area contributed by atoms with Gasteiger partial charge in [-0.2, -0.15) is 17.5 Å². The number of nitrogens with zero attached hydrogens (tertiary/aromatic N) is 4. The molecule has 0 fully saturated rings. The van der Waals surface area contributed by atoms with Crippen molar-refractivity contribution in [3.63, 3.8) is 0 Å². The van der Waals surface area contributed by atoms with Gasteiger partial charge >= 0.3 is 12.1 Å². The molecule has 0 aliphatic carbocycles. The Kier molecular flexibility index (Phi) is 10.2. The smallest absolute Gasteiger partial charge is 0.406 e. The van der Waals surface area contributed by atoms with E-state index < -0.39 is 36.3 Å². The summed E-state index contributed by atoms with van der Waals surface area (Å²) in [6, 6.07) is 8.24. The SMILES string of the molecule is CNC(C=O)Cc1nsc(-c2ccc3c(c2)c(CC(C)(C)COC(C)=O)c(-c2cccnc2C(C)OC)n3CC(F)(F)F)n1. The minimum atomic E-state index is -4.52. The van der Waals surface area contributed by atoms with Crippen LogP contribution in [0.2, 0.25) is 0 Å². The minimum Gasteiger partial charge on any atom is -0.465 e. The van der Waals surface area contributed by atoms with Crippen molar-refractivity contribution in [2.75, 3.05) is 20.8 Å². The number of nitrogens with one attached hydrogen (secondary N) is 1. The van der Waals surface area contributed by atoms with Crippen LogP contribution in [-0.2, 0) is 38.4 Å². The van der Waals surface area contributed by atoms with Crippen molar-refractivity contribution >= 4 is 34.7 Å². The fourth-order valence-corrected chi connectivity index (χ4v) is 5.82. The maximum absolute atomic E-state index is 14.2. The van der Waals surface area contributed by atoms with Gasteiger partial charge in [0.05, 0.1) is 30.1 Å². The molecule has 0 spiro atoms. The number of hydrogen-bond donors (Lipinski definition) is 1. The number of carbonyl (C=O) groups is 2. The van der Waals surface area contributed by atoms with Crippen LogP contribution in [0.4, 0.5) is 13.2 Å². The number of fused-ring (bicyclic) bond motifs is 1. The van der Waals surface area contributed by atoms with Crippen LogP contribution >= 0.6 is 11.5 Å². The first-order chi connectivity index (χ1) is 20.8. The van der Waals surface area contributed by atoms with Gasteiger partial charge in [0.2, 0.25) is 0 Å². The lowest BCUT2D eigenvalue weighted by molar-refractivity contribution is -0.144. The molecule has 0 saturated heterocycles. The number of alkyl halides is 3. The van der Waals surface area contributed by atoms with E-state index in [0.717, 1.165) is 17.8 Å². The number of aldehydes is 1. The standard InChI is InChI=1S/C31H36F3N5O4S/c1-18(42-6)27-22(8-7-11-36-27)28-24(14-30(3,4)17-43-19(2)41)23-12-20(9-10-25(23)39(28)16-31(32,33)34)29-37-26(38-44-29)13-21(15-40)35-5/h7-12,15,18,21,35H,13-14,16-17H2,1-6H3. The summed E-state index contributed by atoms with van der Waals surface area (Å²) in [7, 11) is 3.20. The molecule has 1 aromatic carbocycles. The van der Waals surface area contributed by atoms with Crippen LogP contribution in [0.1, 0.15) is 50.9 Å². The summed E-state index contributed by atoms with van der Waals surface area (Å²) in [5.41, 5.74) is 2.49. The van der Waals surface area contributed by atoms with Gasteiger partial charge in [-0.15, -0.1) is 0 Å². The average Bonchev–Trinajstić information content (AvgIpc) is 3.55. The van der Waals surface area contributed by atoms with Crippen LogP contribution in [0.3, 0.4) is 0 Å². The quantitative estimate of drug-likeness (QED) is 0.142. The lowest BCUT2D eigenvalue weighted by Crippen LogP contribution is -2.29. The van der Waals surface area contributed by atoms with Crippen LogP contribution in [0, 0.1) is 5.41 Å². The van der Waals surface area contributed by atoms with Crippen molar-refractivity contribution in [3.8, 4) is 21.8 Å². The largest absolute Gasteiger partial charge is 0.465 e. The Labute approximate surface area is 258 Å². The van der Waals surface area contributed by atoms with Gasteiger partial charge in [-0.05, 0) is 67.8 Å². The highest BCUT2D eigenvalue weighted by molar-refractivity contribution is 7.09. The summed E-state index contributed by atoms with van der Waals surface area (Å²) >= 11 is 1.16. The predicted molar refractivity (Wildman–Crippen MR) is 162 cm³/mol. The van der Waals surface area contributed by atoms with E-state index in [1.165, 1.54) is 18.6 Å². The van der Waals surface area contributed by atoms with Crippen LogP contribution < -0.4 is 5.32 Å². The zero-order valence-electron chi connectivity index (χ0n) is 25.5. The third-order valence-corrected chi connectivity index (χ3v) is 8.11. The molecule has 236 valence electrons. The number of aromatic nitrogens is 4. The number of pyridine rings is 1. The molecular formula is C31H36F3N5O4S. The zero-order valence-corrected chi connectivity index (χ0v) is 26.3. The van der Waals surface area contributed by atoms with Crippen molar-refractivity contribution in [2.45, 2.75) is 65.4 Å². The maximum atomic E-state index is 14.2. The van der Waals surface area contributed by atoms with Crippen molar-refractivity contribution < 1.29 is 32.2 Å². The number of esters is 1. The van der Waals surface area contributed by atoms with Gasteiger partial charge in [-0.3, -0.25) is 9.78 Å². The van der Waals surface area contributed by atoms with Gasteiger partial charge in [0, 0.05) is 54.1 Å². The molecule has 1 N–H and O–H groups in total. The topological polar surface area (TPSA) is 108 Å². The lowest BCUT2D eigenvalue weighted by atomic mass is 9.84. The van der Waals surface area contributed by atoms with Crippen molar-refractivity contribution in [1.82, 2.24) is 24.2 Å². The highest BCUT2D eigenvalue weighted by Gasteiger charge is 2.34. The number of rotatable bonds is 13. The molecule has 4 aromatic rings. The Morgan fingerprint density at radius 2 is 1.98 bits per heavy atom. The maximum Gasteiger partial charge on any atom is 0.406 e. The first-order valence-electron chi connectivity index (χ1n) is 14.1. The molecule has 9 nitrogen and oxygen atoms in total. The monoisotopic (exact) mass is 631 g/mol. The van der Waals surface area contributed by atoms with Crippen molar-refractivity contribution in [1.29, 1.82) is 0 Å². The van der Waals surface area contributed by atoms with Crippen LogP contribution in [0.15, 0.2) is 36.5 Å². The summed E-state index contributed by atoms with van der Waals surface area (Å²) in [6.45, 7) is 5.77. The molecule has 44 heavy (non-hydrogen) atoms. The van der Waals surface area contributed by atoms with Crippen molar-refractivity contribution in [3.05, 3.63) is 53.6 Å². The third kappa shape index (κ3) is 7.69. The second-order valence-electron chi connectivity index (χ2n) is 11.4. The zero-order chi connectivity index (χ0) is 32.2. The molecule has 0 aliphatic rings. The van der Waals surface area contributed by atoms with Gasteiger partial charge in [0.1, 0.15) is 23.7 Å². The number of ether oxygens (including phenoxy) is 2. The van der Waals surface area contributed by atoms with Gasteiger partial charge in [0.15, 0.2) is 0 Å². The first kappa shape index (κ1) is 33.2. The molecule has 0 aliphatic heterocycles. The number of halogens is 3. The Morgan fingerprint density at radius 3 is 2.61 bits per heavy atom. The average molecular weight is 632 g/mol.